The van der Waals surface area contributed by atoms with Crippen molar-refractivity contribution in [1.82, 2.24) is 9.88 Å². The summed E-state index contributed by atoms with van der Waals surface area (Å²) in [4.78, 5) is 24.0. The molecule has 1 aliphatic heterocycles. The van der Waals surface area contributed by atoms with Crippen molar-refractivity contribution in [2.24, 2.45) is 0 Å². The number of carbonyl (C=O) groups is 1. The van der Waals surface area contributed by atoms with E-state index in [9.17, 15) is 9.59 Å². The van der Waals surface area contributed by atoms with E-state index in [2.05, 4.69) is 10.6 Å². The van der Waals surface area contributed by atoms with Crippen LogP contribution in [0.5, 0.6) is 0 Å². The molecule has 0 aromatic carbocycles. The van der Waals surface area contributed by atoms with Gasteiger partial charge in [-0.05, 0) is 38.9 Å². The second kappa shape index (κ2) is 6.19. The maximum Gasteiger partial charge on any atom is 0.256 e. The zero-order chi connectivity index (χ0) is 14.6. The summed E-state index contributed by atoms with van der Waals surface area (Å²) in [5.74, 6) is -0.150. The fourth-order valence-electron chi connectivity index (χ4n) is 2.45. The Morgan fingerprint density at radius 2 is 2.15 bits per heavy atom. The first kappa shape index (κ1) is 14.7. The first-order valence-corrected chi connectivity index (χ1v) is 6.89. The minimum atomic E-state index is -0.779. The lowest BCUT2D eigenvalue weighted by Crippen LogP contribution is -2.51. The molecule has 1 aromatic rings. The van der Waals surface area contributed by atoms with E-state index in [-0.39, 0.29) is 11.5 Å². The van der Waals surface area contributed by atoms with Crippen molar-refractivity contribution >= 4 is 11.6 Å². The summed E-state index contributed by atoms with van der Waals surface area (Å²) in [5.41, 5.74) is -0.237. The number of hydrogen-bond acceptors (Lipinski definition) is 4. The first-order chi connectivity index (χ1) is 9.61. The van der Waals surface area contributed by atoms with Crippen LogP contribution in [0.15, 0.2) is 23.1 Å². The molecular formula is C14H21N3O3. The molecule has 2 N–H and O–H groups in total. The van der Waals surface area contributed by atoms with Crippen LogP contribution in [0.1, 0.15) is 19.8 Å². The average molecular weight is 279 g/mol. The van der Waals surface area contributed by atoms with Crippen LogP contribution in [0, 0.1) is 0 Å². The summed E-state index contributed by atoms with van der Waals surface area (Å²) >= 11 is 0. The number of hydrogen-bond donors (Lipinski definition) is 2. The van der Waals surface area contributed by atoms with Gasteiger partial charge >= 0.3 is 0 Å². The van der Waals surface area contributed by atoms with E-state index in [0.717, 1.165) is 13.1 Å². The summed E-state index contributed by atoms with van der Waals surface area (Å²) in [7, 11) is 1.57. The van der Waals surface area contributed by atoms with Crippen molar-refractivity contribution in [1.29, 1.82) is 0 Å². The van der Waals surface area contributed by atoms with Crippen LogP contribution in [0.2, 0.25) is 0 Å². The highest BCUT2D eigenvalue weighted by Crippen LogP contribution is 2.24. The number of aryl methyl sites for hydroxylation is 1. The fraction of sp³-hybridized carbons (Fsp3) is 0.571. The first-order valence-electron chi connectivity index (χ1n) is 6.89. The number of methoxy groups -OCH3 is 1. The molecule has 0 radical (unpaired) electrons. The van der Waals surface area contributed by atoms with Crippen LogP contribution in [0.25, 0.3) is 0 Å². The van der Waals surface area contributed by atoms with Gasteiger partial charge < -0.3 is 19.9 Å². The quantitative estimate of drug-likeness (QED) is 0.845. The number of anilines is 1. The summed E-state index contributed by atoms with van der Waals surface area (Å²) in [6.07, 6.45) is 2.94. The van der Waals surface area contributed by atoms with Crippen LogP contribution in [0.3, 0.4) is 0 Å². The van der Waals surface area contributed by atoms with Crippen molar-refractivity contribution in [3.05, 3.63) is 28.7 Å². The molecule has 6 nitrogen and oxygen atoms in total. The molecule has 20 heavy (non-hydrogen) atoms. The Balaban J connectivity index is 2.16. The van der Waals surface area contributed by atoms with E-state index in [1.165, 1.54) is 6.07 Å². The van der Waals surface area contributed by atoms with Gasteiger partial charge in [-0.2, -0.15) is 0 Å². The van der Waals surface area contributed by atoms with Crippen molar-refractivity contribution < 1.29 is 9.53 Å². The molecule has 1 aromatic heterocycles. The van der Waals surface area contributed by atoms with Crippen molar-refractivity contribution in [3.8, 4) is 0 Å². The van der Waals surface area contributed by atoms with Crippen molar-refractivity contribution in [2.45, 2.75) is 31.9 Å². The van der Waals surface area contributed by atoms with Gasteiger partial charge in [-0.3, -0.25) is 9.59 Å². The number of piperidine rings is 1. The molecule has 2 rings (SSSR count). The number of nitrogens with one attached hydrogen (secondary N) is 2. The summed E-state index contributed by atoms with van der Waals surface area (Å²) in [6, 6.07) is 3.08. The Hall–Kier alpha value is -1.66. The third kappa shape index (κ3) is 2.91. The topological polar surface area (TPSA) is 72.4 Å². The lowest BCUT2D eigenvalue weighted by atomic mass is 9.91. The lowest BCUT2D eigenvalue weighted by Gasteiger charge is -2.34. The smallest absolute Gasteiger partial charge is 0.256 e. The van der Waals surface area contributed by atoms with Crippen LogP contribution >= 0.6 is 0 Å². The molecule has 0 bridgehead atoms. The van der Waals surface area contributed by atoms with Gasteiger partial charge in [0.15, 0.2) is 0 Å². The largest absolute Gasteiger partial charge is 0.368 e. The highest BCUT2D eigenvalue weighted by atomic mass is 16.5. The van der Waals surface area contributed by atoms with E-state index >= 15 is 0 Å². The molecule has 1 amide bonds. The molecule has 0 unspecified atom stereocenters. The van der Waals surface area contributed by atoms with Gasteiger partial charge in [-0.15, -0.1) is 0 Å². The summed E-state index contributed by atoms with van der Waals surface area (Å²) in [5, 5.41) is 6.07. The molecule has 2 heterocycles. The van der Waals surface area contributed by atoms with E-state index < -0.39 is 5.60 Å². The number of carbonyl (C=O) groups excluding carboxylic acids is 1. The Kier molecular flexibility index (Phi) is 4.57. The molecule has 0 atom stereocenters. The van der Waals surface area contributed by atoms with Crippen LogP contribution in [-0.4, -0.2) is 36.3 Å². The SMILES string of the molecule is CCn1cc(NC(=O)C2(OC)CCNCC2)ccc1=O. The molecule has 6 heteroatoms. The molecule has 0 saturated carbocycles. The molecule has 1 saturated heterocycles. The van der Waals surface area contributed by atoms with Crippen molar-refractivity contribution in [3.63, 3.8) is 0 Å². The average Bonchev–Trinajstić information content (AvgIpc) is 2.49. The molecular weight excluding hydrogens is 258 g/mol. The Labute approximate surface area is 118 Å². The molecule has 1 fully saturated rings. The Morgan fingerprint density at radius 3 is 2.75 bits per heavy atom. The molecule has 0 spiro atoms. The van der Waals surface area contributed by atoms with E-state index in [0.29, 0.717) is 25.1 Å². The van der Waals surface area contributed by atoms with Gasteiger partial charge in [0, 0.05) is 25.9 Å². The number of ether oxygens (including phenoxy) is 1. The molecule has 110 valence electrons. The van der Waals surface area contributed by atoms with Crippen molar-refractivity contribution in [2.75, 3.05) is 25.5 Å². The zero-order valence-electron chi connectivity index (χ0n) is 11.9. The van der Waals surface area contributed by atoms with Gasteiger partial charge in [0.05, 0.1) is 5.69 Å². The number of amides is 1. The predicted molar refractivity (Wildman–Crippen MR) is 76.8 cm³/mol. The van der Waals surface area contributed by atoms with Crippen LogP contribution in [-0.2, 0) is 16.1 Å². The molecule has 1 aliphatic rings. The summed E-state index contributed by atoms with van der Waals surface area (Å²) < 4.78 is 7.03. The minimum Gasteiger partial charge on any atom is -0.368 e. The normalized spacial score (nSPS) is 17.7. The van der Waals surface area contributed by atoms with Gasteiger partial charge in [0.1, 0.15) is 5.60 Å². The molecule has 0 aliphatic carbocycles. The number of pyridine rings is 1. The van der Waals surface area contributed by atoms with E-state index in [1.54, 1.807) is 23.9 Å². The third-order valence-electron chi connectivity index (χ3n) is 3.80. The van der Waals surface area contributed by atoms with Gasteiger partial charge in [0.2, 0.25) is 0 Å². The Morgan fingerprint density at radius 1 is 1.45 bits per heavy atom. The maximum absolute atomic E-state index is 12.5. The third-order valence-corrected chi connectivity index (χ3v) is 3.80. The highest BCUT2D eigenvalue weighted by Gasteiger charge is 2.39. The van der Waals surface area contributed by atoms with Gasteiger partial charge in [-0.25, -0.2) is 0 Å². The Bertz CT molecular complexity index is 533. The highest BCUT2D eigenvalue weighted by molar-refractivity contribution is 5.97. The maximum atomic E-state index is 12.5. The van der Waals surface area contributed by atoms with E-state index in [1.807, 2.05) is 6.92 Å². The van der Waals surface area contributed by atoms with E-state index in [4.69, 9.17) is 4.74 Å². The second-order valence-corrected chi connectivity index (χ2v) is 4.94. The van der Waals surface area contributed by atoms with Crippen LogP contribution < -0.4 is 16.2 Å². The number of rotatable bonds is 4. The lowest BCUT2D eigenvalue weighted by molar-refractivity contribution is -0.140. The minimum absolute atomic E-state index is 0.0752. The van der Waals surface area contributed by atoms with Gasteiger partial charge in [0.25, 0.3) is 11.5 Å². The predicted octanol–water partition coefficient (Wildman–Crippen LogP) is 0.575. The summed E-state index contributed by atoms with van der Waals surface area (Å²) in [6.45, 7) is 3.98. The van der Waals surface area contributed by atoms with Crippen LogP contribution in [0.4, 0.5) is 5.69 Å². The fourth-order valence-corrected chi connectivity index (χ4v) is 2.45. The number of nitrogens with zero attached hydrogens (tertiary/aromatic N) is 1. The standard InChI is InChI=1S/C14H21N3O3/c1-3-17-10-11(4-5-12(17)18)16-13(19)14(20-2)6-8-15-9-7-14/h4-5,10,15H,3,6-9H2,1-2H3,(H,16,19). The number of aromatic nitrogens is 1. The van der Waals surface area contributed by atoms with Gasteiger partial charge in [-0.1, -0.05) is 0 Å². The monoisotopic (exact) mass is 279 g/mol. The zero-order valence-corrected chi connectivity index (χ0v) is 11.9. The second-order valence-electron chi connectivity index (χ2n) is 4.94.